The first-order valence-corrected chi connectivity index (χ1v) is 7.10. The summed E-state index contributed by atoms with van der Waals surface area (Å²) in [5.41, 5.74) is 1.53. The molecule has 110 valence electrons. The van der Waals surface area contributed by atoms with E-state index in [4.69, 9.17) is 21.1 Å². The first-order valence-electron chi connectivity index (χ1n) is 6.72. The van der Waals surface area contributed by atoms with Crippen molar-refractivity contribution in [1.29, 1.82) is 0 Å². The van der Waals surface area contributed by atoms with Gasteiger partial charge in [0.15, 0.2) is 5.78 Å². The average Bonchev–Trinajstić information content (AvgIpc) is 2.49. The fourth-order valence-corrected chi connectivity index (χ4v) is 2.08. The highest BCUT2D eigenvalue weighted by Crippen LogP contribution is 2.18. The summed E-state index contributed by atoms with van der Waals surface area (Å²) in [6.07, 6.45) is 0. The molecule has 0 heterocycles. The maximum Gasteiger partial charge on any atom is 0.163 e. The maximum atomic E-state index is 11.5. The number of halogens is 1. The summed E-state index contributed by atoms with van der Waals surface area (Å²) < 4.78 is 11.1. The Morgan fingerprint density at radius 3 is 2.52 bits per heavy atom. The van der Waals surface area contributed by atoms with Crippen LogP contribution < -0.4 is 4.74 Å². The van der Waals surface area contributed by atoms with Crippen LogP contribution in [0.1, 0.15) is 22.8 Å². The van der Waals surface area contributed by atoms with Gasteiger partial charge in [-0.3, -0.25) is 4.79 Å². The molecule has 3 nitrogen and oxygen atoms in total. The van der Waals surface area contributed by atoms with Gasteiger partial charge in [-0.05, 0) is 30.7 Å². The van der Waals surface area contributed by atoms with E-state index in [2.05, 4.69) is 0 Å². The molecule has 21 heavy (non-hydrogen) atoms. The molecule has 0 spiro atoms. The fourth-order valence-electron chi connectivity index (χ4n) is 1.89. The number of hydrogen-bond donors (Lipinski definition) is 0. The van der Waals surface area contributed by atoms with Gasteiger partial charge in [0.25, 0.3) is 0 Å². The van der Waals surface area contributed by atoms with Crippen molar-refractivity contribution in [2.24, 2.45) is 0 Å². The number of benzene rings is 2. The predicted molar refractivity (Wildman–Crippen MR) is 83.0 cm³/mol. The molecule has 0 radical (unpaired) electrons. The van der Waals surface area contributed by atoms with Crippen LogP contribution in [0.5, 0.6) is 5.75 Å². The molecule has 0 unspecified atom stereocenters. The van der Waals surface area contributed by atoms with Gasteiger partial charge in [0.1, 0.15) is 12.4 Å². The topological polar surface area (TPSA) is 35.5 Å². The second kappa shape index (κ2) is 7.81. The van der Waals surface area contributed by atoms with Crippen LogP contribution in [0.2, 0.25) is 5.02 Å². The number of ketones is 1. The van der Waals surface area contributed by atoms with Gasteiger partial charge in [-0.15, -0.1) is 0 Å². The molecule has 0 bridgehead atoms. The summed E-state index contributed by atoms with van der Waals surface area (Å²) in [6.45, 7) is 2.78. The van der Waals surface area contributed by atoms with Crippen molar-refractivity contribution in [2.45, 2.75) is 13.5 Å². The van der Waals surface area contributed by atoms with Gasteiger partial charge >= 0.3 is 0 Å². The van der Waals surface area contributed by atoms with Crippen LogP contribution >= 0.6 is 11.6 Å². The number of hydrogen-bond acceptors (Lipinski definition) is 3. The van der Waals surface area contributed by atoms with E-state index < -0.39 is 0 Å². The summed E-state index contributed by atoms with van der Waals surface area (Å²) in [6, 6.07) is 14.8. The van der Waals surface area contributed by atoms with Crippen molar-refractivity contribution in [2.75, 3.05) is 13.2 Å². The molecule has 2 rings (SSSR count). The van der Waals surface area contributed by atoms with E-state index in [0.29, 0.717) is 36.2 Å². The van der Waals surface area contributed by atoms with Crippen LogP contribution in [-0.2, 0) is 11.3 Å². The molecule has 0 aliphatic heterocycles. The second-order valence-electron chi connectivity index (χ2n) is 4.54. The van der Waals surface area contributed by atoms with Gasteiger partial charge in [0.05, 0.1) is 18.8 Å². The van der Waals surface area contributed by atoms with Crippen LogP contribution in [0.3, 0.4) is 0 Å². The highest BCUT2D eigenvalue weighted by Gasteiger charge is 2.07. The summed E-state index contributed by atoms with van der Waals surface area (Å²) in [7, 11) is 0. The lowest BCUT2D eigenvalue weighted by Crippen LogP contribution is -2.09. The molecule has 0 amide bonds. The number of rotatable bonds is 7. The van der Waals surface area contributed by atoms with Gasteiger partial charge in [-0.1, -0.05) is 41.9 Å². The molecular formula is C17H17ClO3. The molecule has 4 heteroatoms. The Kier molecular flexibility index (Phi) is 5.78. The highest BCUT2D eigenvalue weighted by molar-refractivity contribution is 6.31. The van der Waals surface area contributed by atoms with Crippen LogP contribution in [0, 0.1) is 0 Å². The fraction of sp³-hybridized carbons (Fsp3) is 0.235. The lowest BCUT2D eigenvalue weighted by atomic mass is 10.1. The first-order chi connectivity index (χ1) is 10.2. The number of ether oxygens (including phenoxy) is 2. The number of para-hydroxylation sites is 1. The average molecular weight is 305 g/mol. The largest absolute Gasteiger partial charge is 0.490 e. The molecule has 2 aromatic carbocycles. The van der Waals surface area contributed by atoms with Gasteiger partial charge in [0, 0.05) is 5.02 Å². The maximum absolute atomic E-state index is 11.5. The van der Waals surface area contributed by atoms with Gasteiger partial charge in [0.2, 0.25) is 0 Å². The summed E-state index contributed by atoms with van der Waals surface area (Å²) in [5.74, 6) is 0.578. The van der Waals surface area contributed by atoms with Crippen molar-refractivity contribution >= 4 is 17.4 Å². The molecule has 0 saturated carbocycles. The molecule has 0 fully saturated rings. The van der Waals surface area contributed by atoms with Crippen LogP contribution in [0.4, 0.5) is 0 Å². The van der Waals surface area contributed by atoms with E-state index in [1.807, 2.05) is 36.4 Å². The second-order valence-corrected chi connectivity index (χ2v) is 4.95. The third-order valence-electron chi connectivity index (χ3n) is 2.97. The Morgan fingerprint density at radius 1 is 1.05 bits per heavy atom. The zero-order valence-electron chi connectivity index (χ0n) is 11.8. The SMILES string of the molecule is CC(=O)c1ccccc1OCCOCc1ccccc1Cl. The van der Waals surface area contributed by atoms with E-state index in [0.717, 1.165) is 5.56 Å². The van der Waals surface area contributed by atoms with Gasteiger partial charge in [-0.2, -0.15) is 0 Å². The number of carbonyl (C=O) groups excluding carboxylic acids is 1. The Hall–Kier alpha value is -1.84. The van der Waals surface area contributed by atoms with E-state index >= 15 is 0 Å². The summed E-state index contributed by atoms with van der Waals surface area (Å²) in [5, 5.41) is 0.695. The van der Waals surface area contributed by atoms with Crippen molar-refractivity contribution in [3.63, 3.8) is 0 Å². The lowest BCUT2D eigenvalue weighted by molar-refractivity contribution is 0.0875. The molecule has 0 aromatic heterocycles. The molecule has 0 saturated heterocycles. The summed E-state index contributed by atoms with van der Waals surface area (Å²) in [4.78, 5) is 11.5. The van der Waals surface area contributed by atoms with Crippen molar-refractivity contribution in [3.8, 4) is 5.75 Å². The monoisotopic (exact) mass is 304 g/mol. The van der Waals surface area contributed by atoms with Crippen LogP contribution in [0.15, 0.2) is 48.5 Å². The standard InChI is InChI=1S/C17H17ClO3/c1-13(19)15-7-3-5-9-17(15)21-11-10-20-12-14-6-2-4-8-16(14)18/h2-9H,10-12H2,1H3. The van der Waals surface area contributed by atoms with E-state index in [9.17, 15) is 4.79 Å². The third kappa shape index (κ3) is 4.59. The zero-order chi connectivity index (χ0) is 15.1. The molecule has 0 aliphatic carbocycles. The molecule has 0 N–H and O–H groups in total. The predicted octanol–water partition coefficient (Wildman–Crippen LogP) is 4.14. The Labute approximate surface area is 129 Å². The molecule has 0 atom stereocenters. The van der Waals surface area contributed by atoms with Gasteiger partial charge < -0.3 is 9.47 Å². The minimum absolute atomic E-state index is 0.0115. The van der Waals surface area contributed by atoms with Crippen LogP contribution in [-0.4, -0.2) is 19.0 Å². The smallest absolute Gasteiger partial charge is 0.163 e. The lowest BCUT2D eigenvalue weighted by Gasteiger charge is -2.10. The minimum Gasteiger partial charge on any atom is -0.490 e. The van der Waals surface area contributed by atoms with Gasteiger partial charge in [-0.25, -0.2) is 0 Å². The number of carbonyl (C=O) groups is 1. The van der Waals surface area contributed by atoms with Crippen molar-refractivity contribution in [3.05, 3.63) is 64.7 Å². The molecule has 0 aliphatic rings. The quantitative estimate of drug-likeness (QED) is 0.570. The minimum atomic E-state index is -0.0115. The van der Waals surface area contributed by atoms with E-state index in [1.165, 1.54) is 6.92 Å². The first kappa shape index (κ1) is 15.5. The summed E-state index contributed by atoms with van der Waals surface area (Å²) >= 11 is 6.04. The molecule has 2 aromatic rings. The van der Waals surface area contributed by atoms with E-state index in [-0.39, 0.29) is 5.78 Å². The Balaban J connectivity index is 1.78. The van der Waals surface area contributed by atoms with E-state index in [1.54, 1.807) is 12.1 Å². The molecular weight excluding hydrogens is 288 g/mol. The third-order valence-corrected chi connectivity index (χ3v) is 3.34. The van der Waals surface area contributed by atoms with Crippen molar-refractivity contribution in [1.82, 2.24) is 0 Å². The number of Topliss-reactive ketones (excluding diaryl/α,β-unsaturated/α-hetero) is 1. The normalized spacial score (nSPS) is 10.4. The highest BCUT2D eigenvalue weighted by atomic mass is 35.5. The van der Waals surface area contributed by atoms with Crippen LogP contribution in [0.25, 0.3) is 0 Å². The Morgan fingerprint density at radius 2 is 1.76 bits per heavy atom. The zero-order valence-corrected chi connectivity index (χ0v) is 12.6. The van der Waals surface area contributed by atoms with Crippen molar-refractivity contribution < 1.29 is 14.3 Å². The Bertz CT molecular complexity index is 610.